The number of rotatable bonds is 5. The summed E-state index contributed by atoms with van der Waals surface area (Å²) in [5.74, 6) is -0.590. The van der Waals surface area contributed by atoms with Gasteiger partial charge in [0.2, 0.25) is 0 Å². The van der Waals surface area contributed by atoms with Crippen molar-refractivity contribution in [2.24, 2.45) is 0 Å². The Morgan fingerprint density at radius 2 is 1.64 bits per heavy atom. The van der Waals surface area contributed by atoms with Gasteiger partial charge in [-0.15, -0.1) is 0 Å². The van der Waals surface area contributed by atoms with E-state index in [0.29, 0.717) is 37.7 Å². The van der Waals surface area contributed by atoms with E-state index in [1.54, 1.807) is 7.05 Å². The quantitative estimate of drug-likeness (QED) is 0.482. The van der Waals surface area contributed by atoms with E-state index in [4.69, 9.17) is 27.9 Å². The lowest BCUT2D eigenvalue weighted by Crippen LogP contribution is -2.23. The normalized spacial score (nSPS) is 17.9. The molecule has 0 aliphatic carbocycles. The third-order valence-corrected chi connectivity index (χ3v) is 7.08. The first-order valence-corrected chi connectivity index (χ1v) is 11.5. The number of likely N-dealkylation sites (N-methyl/N-ethyl adjacent to an activating group) is 1. The molecule has 0 amide bonds. The van der Waals surface area contributed by atoms with Crippen molar-refractivity contribution < 1.29 is 39.5 Å². The second kappa shape index (κ2) is 9.05. The van der Waals surface area contributed by atoms with E-state index < -0.39 is 60.3 Å². The van der Waals surface area contributed by atoms with E-state index >= 15 is 0 Å². The van der Waals surface area contributed by atoms with Crippen molar-refractivity contribution in [3.63, 3.8) is 0 Å². The van der Waals surface area contributed by atoms with Gasteiger partial charge in [0.05, 0.1) is 26.9 Å². The lowest BCUT2D eigenvalue weighted by Gasteiger charge is -2.20. The molecule has 1 saturated heterocycles. The Morgan fingerprint density at radius 3 is 2.12 bits per heavy atom. The molecule has 5 nitrogen and oxygen atoms in total. The molecule has 0 saturated carbocycles. The SMILES string of the molecule is CN1CCC(Oc2cc(NS(=O)(=O)c3c(Cl)cc(C(F)(F)F)cc3Cl)ccc2C(F)(F)F)C1. The molecule has 182 valence electrons. The molecule has 1 N–H and O–H groups in total. The van der Waals surface area contributed by atoms with Crippen molar-refractivity contribution in [3.05, 3.63) is 51.5 Å². The number of nitrogens with zero attached hydrogens (tertiary/aromatic N) is 1. The highest BCUT2D eigenvalue weighted by Crippen LogP contribution is 2.41. The van der Waals surface area contributed by atoms with Crippen LogP contribution >= 0.6 is 23.2 Å². The molecule has 33 heavy (non-hydrogen) atoms. The van der Waals surface area contributed by atoms with Crippen LogP contribution in [0.2, 0.25) is 10.0 Å². The highest BCUT2D eigenvalue weighted by Gasteiger charge is 2.37. The number of hydrogen-bond acceptors (Lipinski definition) is 4. The number of ether oxygens (including phenoxy) is 1. The zero-order chi connectivity index (χ0) is 24.8. The minimum absolute atomic E-state index is 0.323. The van der Waals surface area contributed by atoms with Gasteiger partial charge in [-0.1, -0.05) is 23.2 Å². The van der Waals surface area contributed by atoms with Gasteiger partial charge in [0, 0.05) is 19.2 Å². The molecular formula is C19H16Cl2F6N2O3S. The lowest BCUT2D eigenvalue weighted by molar-refractivity contribution is -0.139. The van der Waals surface area contributed by atoms with Crippen LogP contribution in [0.25, 0.3) is 0 Å². The van der Waals surface area contributed by atoms with Gasteiger partial charge in [-0.3, -0.25) is 4.72 Å². The van der Waals surface area contributed by atoms with Crippen molar-refractivity contribution in [2.45, 2.75) is 29.8 Å². The number of anilines is 1. The van der Waals surface area contributed by atoms with Crippen LogP contribution in [0.15, 0.2) is 35.2 Å². The van der Waals surface area contributed by atoms with E-state index in [0.717, 1.165) is 12.1 Å². The third kappa shape index (κ3) is 5.97. The number of hydrogen-bond donors (Lipinski definition) is 1. The third-order valence-electron chi connectivity index (χ3n) is 4.78. The number of nitrogens with one attached hydrogen (secondary N) is 1. The second-order valence-corrected chi connectivity index (χ2v) is 9.81. The molecule has 1 fully saturated rings. The van der Waals surface area contributed by atoms with E-state index in [9.17, 15) is 34.8 Å². The zero-order valence-electron chi connectivity index (χ0n) is 16.7. The second-order valence-electron chi connectivity index (χ2n) is 7.37. The Morgan fingerprint density at radius 1 is 1.03 bits per heavy atom. The lowest BCUT2D eigenvalue weighted by atomic mass is 10.1. The maximum Gasteiger partial charge on any atom is 0.419 e. The molecule has 1 unspecified atom stereocenters. The molecule has 2 aromatic carbocycles. The van der Waals surface area contributed by atoms with Crippen LogP contribution in [0.5, 0.6) is 5.75 Å². The molecule has 0 spiro atoms. The van der Waals surface area contributed by atoms with E-state index in [1.165, 1.54) is 0 Å². The highest BCUT2D eigenvalue weighted by molar-refractivity contribution is 7.93. The zero-order valence-corrected chi connectivity index (χ0v) is 19.0. The van der Waals surface area contributed by atoms with E-state index in [2.05, 4.69) is 0 Å². The maximum atomic E-state index is 13.4. The van der Waals surface area contributed by atoms with Gasteiger partial charge in [0.25, 0.3) is 10.0 Å². The number of likely N-dealkylation sites (tertiary alicyclic amines) is 1. The summed E-state index contributed by atoms with van der Waals surface area (Å²) in [7, 11) is -2.89. The molecule has 1 aliphatic rings. The summed E-state index contributed by atoms with van der Waals surface area (Å²) < 4.78 is 112. The fourth-order valence-electron chi connectivity index (χ4n) is 3.27. The summed E-state index contributed by atoms with van der Waals surface area (Å²) in [5.41, 5.74) is -2.69. The van der Waals surface area contributed by atoms with Crippen molar-refractivity contribution in [3.8, 4) is 5.75 Å². The molecular weight excluding hydrogens is 521 g/mol. The smallest absolute Gasteiger partial charge is 0.419 e. The van der Waals surface area contributed by atoms with Gasteiger partial charge in [-0.2, -0.15) is 26.3 Å². The van der Waals surface area contributed by atoms with E-state index in [1.807, 2.05) is 9.62 Å². The molecule has 1 heterocycles. The number of alkyl halides is 6. The number of sulfonamides is 1. The van der Waals surface area contributed by atoms with Crippen LogP contribution in [-0.2, 0) is 22.4 Å². The van der Waals surface area contributed by atoms with Crippen LogP contribution in [0.3, 0.4) is 0 Å². The van der Waals surface area contributed by atoms with Gasteiger partial charge >= 0.3 is 12.4 Å². The van der Waals surface area contributed by atoms with Crippen molar-refractivity contribution >= 4 is 38.9 Å². The summed E-state index contributed by atoms with van der Waals surface area (Å²) >= 11 is 11.5. The fraction of sp³-hybridized carbons (Fsp3) is 0.368. The van der Waals surface area contributed by atoms with Crippen LogP contribution in [0.4, 0.5) is 32.0 Å². The van der Waals surface area contributed by atoms with Gasteiger partial charge in [-0.05, 0) is 37.7 Å². The Labute approximate surface area is 195 Å². The predicted octanol–water partition coefficient (Wildman–Crippen LogP) is 5.91. The molecule has 2 aromatic rings. The number of halogens is 8. The molecule has 1 atom stereocenters. The number of benzene rings is 2. The highest BCUT2D eigenvalue weighted by atomic mass is 35.5. The Hall–Kier alpha value is -1.89. The Balaban J connectivity index is 1.96. The summed E-state index contributed by atoms with van der Waals surface area (Å²) in [6.45, 7) is 0.993. The summed E-state index contributed by atoms with van der Waals surface area (Å²) in [4.78, 5) is 1.01. The first-order chi connectivity index (χ1) is 15.1. The minimum Gasteiger partial charge on any atom is -0.488 e. The van der Waals surface area contributed by atoms with Gasteiger partial charge < -0.3 is 9.64 Å². The van der Waals surface area contributed by atoms with Gasteiger partial charge in [0.15, 0.2) is 0 Å². The topological polar surface area (TPSA) is 58.6 Å². The summed E-state index contributed by atoms with van der Waals surface area (Å²) in [6, 6.07) is 3.12. The average Bonchev–Trinajstić information content (AvgIpc) is 3.03. The summed E-state index contributed by atoms with van der Waals surface area (Å²) in [5, 5.41) is -1.61. The van der Waals surface area contributed by atoms with E-state index in [-0.39, 0.29) is 5.69 Å². The molecule has 0 aromatic heterocycles. The molecule has 0 radical (unpaired) electrons. The first kappa shape index (κ1) is 25.7. The standard InChI is InChI=1S/C19H16Cl2F6N2O3S/c1-29-5-4-12(9-29)32-16-8-11(2-3-13(16)19(25,26)27)28-33(30,31)17-14(20)6-10(7-15(17)21)18(22,23)24/h2-3,6-8,12,28H,4-5,9H2,1H3. The fourth-order valence-corrected chi connectivity index (χ4v) is 5.54. The monoisotopic (exact) mass is 536 g/mol. The van der Waals surface area contributed by atoms with Crippen LogP contribution in [-0.4, -0.2) is 39.6 Å². The molecule has 1 aliphatic heterocycles. The first-order valence-electron chi connectivity index (χ1n) is 9.23. The van der Waals surface area contributed by atoms with Gasteiger partial charge in [0.1, 0.15) is 16.7 Å². The van der Waals surface area contributed by atoms with Crippen molar-refractivity contribution in [2.75, 3.05) is 24.9 Å². The van der Waals surface area contributed by atoms with Gasteiger partial charge in [-0.25, -0.2) is 8.42 Å². The van der Waals surface area contributed by atoms with Crippen LogP contribution < -0.4 is 9.46 Å². The molecule has 0 bridgehead atoms. The maximum absolute atomic E-state index is 13.4. The molecule has 14 heteroatoms. The average molecular weight is 537 g/mol. The Kier molecular flexibility index (Phi) is 7.05. The van der Waals surface area contributed by atoms with Crippen LogP contribution in [0, 0.1) is 0 Å². The predicted molar refractivity (Wildman–Crippen MR) is 110 cm³/mol. The minimum atomic E-state index is -4.82. The van der Waals surface area contributed by atoms with Crippen LogP contribution in [0.1, 0.15) is 17.5 Å². The summed E-state index contributed by atoms with van der Waals surface area (Å²) in [6.07, 6.45) is -9.66. The van der Waals surface area contributed by atoms with Crippen molar-refractivity contribution in [1.29, 1.82) is 0 Å². The molecule has 3 rings (SSSR count). The van der Waals surface area contributed by atoms with Crippen molar-refractivity contribution in [1.82, 2.24) is 4.90 Å². The largest absolute Gasteiger partial charge is 0.488 e. The Bertz CT molecular complexity index is 1130.